The monoisotopic (exact) mass is 971 g/mol. The van der Waals surface area contributed by atoms with Crippen molar-refractivity contribution in [2.45, 2.75) is 0 Å². The van der Waals surface area contributed by atoms with Crippen LogP contribution in [0.4, 0.5) is 0 Å². The fraction of sp³-hybridized carbons (Fsp3) is 0. The molecule has 0 aliphatic heterocycles. The predicted octanol–water partition coefficient (Wildman–Crippen LogP) is 18.2. The Bertz CT molecular complexity index is 4920. The Balaban J connectivity index is 0.970. The number of nitrogens with zero attached hydrogens (tertiary/aromatic N) is 5. The first-order valence-electron chi connectivity index (χ1n) is 25.6. The number of rotatable bonds is 7. The quantitative estimate of drug-likeness (QED) is 0.159. The van der Waals surface area contributed by atoms with Crippen LogP contribution in [0.5, 0.6) is 0 Å². The number of para-hydroxylation sites is 6. The highest BCUT2D eigenvalue weighted by atomic mass is 16.3. The van der Waals surface area contributed by atoms with Gasteiger partial charge in [-0.25, -0.2) is 15.0 Å². The first-order chi connectivity index (χ1) is 37.7. The summed E-state index contributed by atoms with van der Waals surface area (Å²) in [6, 6.07) is 87.0. The molecule has 0 N–H and O–H groups in total. The highest BCUT2D eigenvalue weighted by Gasteiger charge is 2.25. The maximum atomic E-state index is 7.13. The third kappa shape index (κ3) is 6.33. The van der Waals surface area contributed by atoms with E-state index in [2.05, 4.69) is 197 Å². The zero-order chi connectivity index (χ0) is 49.8. The number of hydrogen-bond acceptors (Lipinski definition) is 5. The standard InChI is InChI=1S/C69H41N5O2/c1-5-19-42(20-6-1)67-70-68(43-21-7-2-8-22-43)72-69(71-67)56-41-44(47-29-17-31-54-61-59(75-65(47)54)39-37-51-49-27-13-15-33-57(49)73(63(51)61)45-23-9-3-10-24-45)35-36-48(56)53-30-18-32-55-62-60(76-66(53)55)40-38-52-50-28-14-16-34-58(50)74(64(52)62)46-25-11-4-12-26-46/h1-41H. The van der Waals surface area contributed by atoms with Crippen LogP contribution in [0.15, 0.2) is 258 Å². The summed E-state index contributed by atoms with van der Waals surface area (Å²) < 4.78 is 18.9. The minimum Gasteiger partial charge on any atom is -0.455 e. The van der Waals surface area contributed by atoms with Gasteiger partial charge < -0.3 is 18.0 Å². The number of fused-ring (bicyclic) bond motifs is 14. The molecule has 5 heterocycles. The molecule has 0 aliphatic rings. The van der Waals surface area contributed by atoms with Gasteiger partial charge in [0.1, 0.15) is 22.3 Å². The first kappa shape index (κ1) is 42.2. The van der Waals surface area contributed by atoms with E-state index in [1.165, 1.54) is 21.5 Å². The average molecular weight is 972 g/mol. The summed E-state index contributed by atoms with van der Waals surface area (Å²) in [6.07, 6.45) is 0. The topological polar surface area (TPSA) is 74.8 Å². The molecule has 0 saturated carbocycles. The molecule has 354 valence electrons. The Hall–Kier alpha value is -10.4. The molecule has 11 aromatic carbocycles. The summed E-state index contributed by atoms with van der Waals surface area (Å²) >= 11 is 0. The van der Waals surface area contributed by atoms with Gasteiger partial charge in [0, 0.05) is 71.5 Å². The number of benzene rings is 11. The van der Waals surface area contributed by atoms with Crippen molar-refractivity contribution in [3.8, 4) is 67.8 Å². The lowest BCUT2D eigenvalue weighted by Crippen LogP contribution is -2.01. The van der Waals surface area contributed by atoms with Crippen molar-refractivity contribution >= 4 is 87.5 Å². The van der Waals surface area contributed by atoms with Crippen molar-refractivity contribution in [3.05, 3.63) is 249 Å². The zero-order valence-electron chi connectivity index (χ0n) is 40.7. The average Bonchev–Trinajstić information content (AvgIpc) is 4.34. The Morgan fingerprint density at radius 2 is 0.711 bits per heavy atom. The van der Waals surface area contributed by atoms with Gasteiger partial charge in [-0.1, -0.05) is 182 Å². The lowest BCUT2D eigenvalue weighted by Gasteiger charge is -2.14. The molecule has 7 nitrogen and oxygen atoms in total. The van der Waals surface area contributed by atoms with Crippen LogP contribution in [-0.2, 0) is 0 Å². The van der Waals surface area contributed by atoms with Crippen LogP contribution in [-0.4, -0.2) is 24.1 Å². The molecule has 0 aliphatic carbocycles. The van der Waals surface area contributed by atoms with Crippen LogP contribution in [0.1, 0.15) is 0 Å². The smallest absolute Gasteiger partial charge is 0.164 e. The normalized spacial score (nSPS) is 11.9. The van der Waals surface area contributed by atoms with E-state index in [-0.39, 0.29) is 0 Å². The van der Waals surface area contributed by atoms with Gasteiger partial charge >= 0.3 is 0 Å². The molecule has 7 heteroatoms. The molecule has 0 unspecified atom stereocenters. The fourth-order valence-corrected chi connectivity index (χ4v) is 11.9. The molecule has 0 bridgehead atoms. The molecule has 0 atom stereocenters. The molecule has 76 heavy (non-hydrogen) atoms. The van der Waals surface area contributed by atoms with Gasteiger partial charge in [0.05, 0.1) is 32.8 Å². The third-order valence-corrected chi connectivity index (χ3v) is 15.2. The molecule has 16 rings (SSSR count). The minimum atomic E-state index is 0.537. The lowest BCUT2D eigenvalue weighted by atomic mass is 9.92. The van der Waals surface area contributed by atoms with Crippen LogP contribution < -0.4 is 0 Å². The van der Waals surface area contributed by atoms with E-state index in [1.807, 2.05) is 60.7 Å². The van der Waals surface area contributed by atoms with Gasteiger partial charge in [-0.3, -0.25) is 0 Å². The molecule has 0 spiro atoms. The maximum Gasteiger partial charge on any atom is 0.164 e. The van der Waals surface area contributed by atoms with Crippen LogP contribution in [0.2, 0.25) is 0 Å². The second-order valence-electron chi connectivity index (χ2n) is 19.4. The van der Waals surface area contributed by atoms with Crippen LogP contribution in [0.25, 0.3) is 155 Å². The molecular formula is C69H41N5O2. The van der Waals surface area contributed by atoms with Crippen LogP contribution in [0.3, 0.4) is 0 Å². The minimum absolute atomic E-state index is 0.537. The molecule has 0 radical (unpaired) electrons. The molecule has 0 fully saturated rings. The zero-order valence-corrected chi connectivity index (χ0v) is 40.7. The maximum absolute atomic E-state index is 7.13. The summed E-state index contributed by atoms with van der Waals surface area (Å²) in [5.41, 5.74) is 16.3. The number of furan rings is 2. The Kier molecular flexibility index (Phi) is 9.20. The predicted molar refractivity (Wildman–Crippen MR) is 310 cm³/mol. The molecular weight excluding hydrogens is 931 g/mol. The van der Waals surface area contributed by atoms with Gasteiger partial charge in [0.15, 0.2) is 17.5 Å². The molecule has 16 aromatic rings. The lowest BCUT2D eigenvalue weighted by molar-refractivity contribution is 0.669. The second-order valence-corrected chi connectivity index (χ2v) is 19.4. The molecule has 0 amide bonds. The van der Waals surface area contributed by atoms with Crippen molar-refractivity contribution in [1.29, 1.82) is 0 Å². The third-order valence-electron chi connectivity index (χ3n) is 15.2. The van der Waals surface area contributed by atoms with E-state index in [9.17, 15) is 0 Å². The van der Waals surface area contributed by atoms with Crippen LogP contribution in [0, 0.1) is 0 Å². The van der Waals surface area contributed by atoms with E-state index in [1.54, 1.807) is 0 Å². The number of hydrogen-bond donors (Lipinski definition) is 0. The van der Waals surface area contributed by atoms with E-state index >= 15 is 0 Å². The van der Waals surface area contributed by atoms with E-state index in [0.29, 0.717) is 17.5 Å². The summed E-state index contributed by atoms with van der Waals surface area (Å²) in [4.78, 5) is 15.8. The van der Waals surface area contributed by atoms with Crippen molar-refractivity contribution in [1.82, 2.24) is 24.1 Å². The largest absolute Gasteiger partial charge is 0.455 e. The van der Waals surface area contributed by atoms with Crippen molar-refractivity contribution < 1.29 is 8.83 Å². The highest BCUT2D eigenvalue weighted by molar-refractivity contribution is 6.27. The fourth-order valence-electron chi connectivity index (χ4n) is 11.9. The summed E-state index contributed by atoms with van der Waals surface area (Å²) in [5.74, 6) is 1.70. The van der Waals surface area contributed by atoms with Gasteiger partial charge in [0.2, 0.25) is 0 Å². The van der Waals surface area contributed by atoms with E-state index in [4.69, 9.17) is 23.8 Å². The van der Waals surface area contributed by atoms with Gasteiger partial charge in [0.25, 0.3) is 0 Å². The van der Waals surface area contributed by atoms with E-state index in [0.717, 1.165) is 116 Å². The van der Waals surface area contributed by atoms with Crippen molar-refractivity contribution in [2.24, 2.45) is 0 Å². The summed E-state index contributed by atoms with van der Waals surface area (Å²) in [7, 11) is 0. The Morgan fingerprint density at radius 1 is 0.276 bits per heavy atom. The Labute approximate surface area is 434 Å². The highest BCUT2D eigenvalue weighted by Crippen LogP contribution is 2.47. The second kappa shape index (κ2) is 16.6. The van der Waals surface area contributed by atoms with Gasteiger partial charge in [-0.15, -0.1) is 0 Å². The van der Waals surface area contributed by atoms with Crippen molar-refractivity contribution in [3.63, 3.8) is 0 Å². The Morgan fingerprint density at radius 3 is 1.24 bits per heavy atom. The summed E-state index contributed by atoms with van der Waals surface area (Å²) in [6.45, 7) is 0. The number of aromatic nitrogens is 5. The molecule has 0 saturated heterocycles. The van der Waals surface area contributed by atoms with Gasteiger partial charge in [-0.2, -0.15) is 0 Å². The van der Waals surface area contributed by atoms with Crippen LogP contribution >= 0.6 is 0 Å². The van der Waals surface area contributed by atoms with E-state index < -0.39 is 0 Å². The summed E-state index contributed by atoms with van der Waals surface area (Å²) in [5, 5.41) is 8.90. The van der Waals surface area contributed by atoms with Gasteiger partial charge in [-0.05, 0) is 77.9 Å². The SMILES string of the molecule is c1ccc(-c2nc(-c3ccccc3)nc(-c3cc(-c4cccc5c4oc4ccc6c7ccccc7n(-c7ccccc7)c6c45)ccc3-c3cccc4c3oc3ccc5c6ccccc6n(-c6ccccc6)c5c34)n2)cc1. The molecule has 5 aromatic heterocycles. The van der Waals surface area contributed by atoms with Crippen molar-refractivity contribution in [2.75, 3.05) is 0 Å². The first-order valence-corrected chi connectivity index (χ1v) is 25.6.